The molecule has 0 saturated heterocycles. The highest BCUT2D eigenvalue weighted by molar-refractivity contribution is 5.87. The van der Waals surface area contributed by atoms with E-state index in [1.807, 2.05) is 0 Å². The summed E-state index contributed by atoms with van der Waals surface area (Å²) in [4.78, 5) is 35.3. The number of hydrogen-bond acceptors (Lipinski definition) is 4. The van der Waals surface area contributed by atoms with Crippen molar-refractivity contribution in [3.8, 4) is 0 Å². The highest BCUT2D eigenvalue weighted by Crippen LogP contribution is 2.64. The van der Waals surface area contributed by atoms with Crippen molar-refractivity contribution in [1.82, 2.24) is 0 Å². The zero-order chi connectivity index (χ0) is 21.5. The van der Waals surface area contributed by atoms with E-state index in [0.29, 0.717) is 42.8 Å². The number of allylic oxidation sites excluding steroid dienone is 1. The Balaban J connectivity index is 1.37. The van der Waals surface area contributed by atoms with Gasteiger partial charge in [0, 0.05) is 31.1 Å². The Kier molecular flexibility index (Phi) is 5.84. The number of carboxylic acids is 1. The standard InChI is InChI=1S/C25H36O5/c1-24-13-11-17(30-23(29)6-4-3-5-22(27)28)15-16(24)7-8-18-19-9-10-21(26)25(19,2)14-12-20(18)24/h7,17-20H,3-6,8-15H2,1-2H3,(H,27,28)/t17-,18-,19-,20-,24-,25-/m0/s1. The van der Waals surface area contributed by atoms with Gasteiger partial charge in [-0.05, 0) is 74.5 Å². The van der Waals surface area contributed by atoms with Gasteiger partial charge in [0.25, 0.3) is 0 Å². The Morgan fingerprint density at radius 2 is 1.77 bits per heavy atom. The van der Waals surface area contributed by atoms with Crippen molar-refractivity contribution < 1.29 is 24.2 Å². The molecule has 30 heavy (non-hydrogen) atoms. The number of Topliss-reactive ketones (excluding diaryl/α,β-unsaturated/α-hetero) is 1. The van der Waals surface area contributed by atoms with E-state index in [9.17, 15) is 14.4 Å². The number of unbranched alkanes of at least 4 members (excludes halogenated alkanes) is 1. The summed E-state index contributed by atoms with van der Waals surface area (Å²) in [6.07, 6.45) is 11.7. The topological polar surface area (TPSA) is 80.7 Å². The molecule has 0 amide bonds. The van der Waals surface area contributed by atoms with Gasteiger partial charge >= 0.3 is 11.9 Å². The van der Waals surface area contributed by atoms with Crippen molar-refractivity contribution in [3.63, 3.8) is 0 Å². The fourth-order valence-corrected chi connectivity index (χ4v) is 7.29. The summed E-state index contributed by atoms with van der Waals surface area (Å²) in [6.45, 7) is 4.64. The van der Waals surface area contributed by atoms with Crippen LogP contribution in [0.25, 0.3) is 0 Å². The molecule has 1 N–H and O–H groups in total. The Hall–Kier alpha value is -1.65. The average Bonchev–Trinajstić information content (AvgIpc) is 3.00. The Labute approximate surface area is 179 Å². The van der Waals surface area contributed by atoms with Gasteiger partial charge in [0.2, 0.25) is 0 Å². The number of carbonyl (C=O) groups excluding carboxylic acids is 2. The third kappa shape index (κ3) is 3.73. The third-order valence-corrected chi connectivity index (χ3v) is 9.09. The molecule has 166 valence electrons. The number of hydrogen-bond donors (Lipinski definition) is 1. The molecule has 3 saturated carbocycles. The Morgan fingerprint density at radius 3 is 2.53 bits per heavy atom. The van der Waals surface area contributed by atoms with Crippen LogP contribution in [0.15, 0.2) is 11.6 Å². The largest absolute Gasteiger partial charge is 0.481 e. The summed E-state index contributed by atoms with van der Waals surface area (Å²) in [5.74, 6) is 1.29. The lowest BCUT2D eigenvalue weighted by Gasteiger charge is -2.56. The number of carbonyl (C=O) groups is 3. The summed E-state index contributed by atoms with van der Waals surface area (Å²) < 4.78 is 5.76. The van der Waals surface area contributed by atoms with Crippen molar-refractivity contribution in [2.75, 3.05) is 0 Å². The summed E-state index contributed by atoms with van der Waals surface area (Å²) in [6, 6.07) is 0. The first-order valence-electron chi connectivity index (χ1n) is 11.9. The highest BCUT2D eigenvalue weighted by Gasteiger charge is 2.58. The minimum atomic E-state index is -0.817. The molecule has 0 heterocycles. The smallest absolute Gasteiger partial charge is 0.306 e. The third-order valence-electron chi connectivity index (χ3n) is 9.09. The van der Waals surface area contributed by atoms with E-state index < -0.39 is 5.97 Å². The van der Waals surface area contributed by atoms with E-state index in [-0.39, 0.29) is 29.3 Å². The molecule has 0 aromatic heterocycles. The predicted molar refractivity (Wildman–Crippen MR) is 113 cm³/mol. The van der Waals surface area contributed by atoms with Crippen LogP contribution in [-0.2, 0) is 19.1 Å². The molecular weight excluding hydrogens is 380 g/mol. The second-order valence-electron chi connectivity index (χ2n) is 10.6. The van der Waals surface area contributed by atoms with E-state index >= 15 is 0 Å². The van der Waals surface area contributed by atoms with Gasteiger partial charge in [-0.1, -0.05) is 25.5 Å². The number of rotatable bonds is 6. The predicted octanol–water partition coefficient (Wildman–Crippen LogP) is 5.08. The fourth-order valence-electron chi connectivity index (χ4n) is 7.29. The van der Waals surface area contributed by atoms with Gasteiger partial charge in [-0.2, -0.15) is 0 Å². The molecule has 4 rings (SSSR count). The average molecular weight is 417 g/mol. The van der Waals surface area contributed by atoms with Crippen LogP contribution in [0.4, 0.5) is 0 Å². The molecule has 0 aliphatic heterocycles. The second-order valence-corrected chi connectivity index (χ2v) is 10.6. The van der Waals surface area contributed by atoms with Crippen LogP contribution in [0, 0.1) is 28.6 Å². The second kappa shape index (κ2) is 8.12. The van der Waals surface area contributed by atoms with Crippen LogP contribution in [-0.4, -0.2) is 28.9 Å². The van der Waals surface area contributed by atoms with Crippen LogP contribution in [0.3, 0.4) is 0 Å². The van der Waals surface area contributed by atoms with Gasteiger partial charge in [-0.3, -0.25) is 14.4 Å². The Morgan fingerprint density at radius 1 is 1.07 bits per heavy atom. The molecule has 0 radical (unpaired) electrons. The van der Waals surface area contributed by atoms with Gasteiger partial charge in [0.1, 0.15) is 11.9 Å². The van der Waals surface area contributed by atoms with Gasteiger partial charge < -0.3 is 9.84 Å². The lowest BCUT2D eigenvalue weighted by atomic mass is 9.48. The lowest BCUT2D eigenvalue weighted by Crippen LogP contribution is -2.50. The molecule has 5 heteroatoms. The fraction of sp³-hybridized carbons (Fsp3) is 0.800. The number of ether oxygens (including phenoxy) is 1. The van der Waals surface area contributed by atoms with Crippen molar-refractivity contribution in [1.29, 1.82) is 0 Å². The van der Waals surface area contributed by atoms with Crippen LogP contribution in [0.5, 0.6) is 0 Å². The molecule has 0 aromatic rings. The van der Waals surface area contributed by atoms with Crippen LogP contribution < -0.4 is 0 Å². The monoisotopic (exact) mass is 416 g/mol. The minimum absolute atomic E-state index is 0.0465. The quantitative estimate of drug-likeness (QED) is 0.371. The summed E-state index contributed by atoms with van der Waals surface area (Å²) in [7, 11) is 0. The number of carboxylic acid groups (broad SMARTS) is 1. The van der Waals surface area contributed by atoms with E-state index in [1.165, 1.54) is 5.57 Å². The molecule has 5 nitrogen and oxygen atoms in total. The first kappa shape index (κ1) is 21.6. The molecule has 0 aromatic carbocycles. The van der Waals surface area contributed by atoms with Crippen LogP contribution >= 0.6 is 0 Å². The first-order valence-corrected chi connectivity index (χ1v) is 11.9. The molecular formula is C25H36O5. The van der Waals surface area contributed by atoms with E-state index in [0.717, 1.165) is 51.4 Å². The van der Waals surface area contributed by atoms with Crippen molar-refractivity contribution in [3.05, 3.63) is 11.6 Å². The van der Waals surface area contributed by atoms with Crippen molar-refractivity contribution >= 4 is 17.7 Å². The lowest BCUT2D eigenvalue weighted by molar-refractivity contribution is -0.152. The number of aliphatic carboxylic acids is 1. The molecule has 4 aliphatic carbocycles. The number of esters is 1. The van der Waals surface area contributed by atoms with E-state index in [4.69, 9.17) is 9.84 Å². The zero-order valence-corrected chi connectivity index (χ0v) is 18.5. The Bertz CT molecular complexity index is 755. The maximum atomic E-state index is 12.5. The van der Waals surface area contributed by atoms with Gasteiger partial charge in [-0.15, -0.1) is 0 Å². The summed E-state index contributed by atoms with van der Waals surface area (Å²) >= 11 is 0. The van der Waals surface area contributed by atoms with Crippen LogP contribution in [0.2, 0.25) is 0 Å². The molecule has 6 atom stereocenters. The van der Waals surface area contributed by atoms with E-state index in [2.05, 4.69) is 19.9 Å². The molecule has 0 unspecified atom stereocenters. The number of fused-ring (bicyclic) bond motifs is 5. The van der Waals surface area contributed by atoms with Crippen molar-refractivity contribution in [2.24, 2.45) is 28.6 Å². The first-order chi connectivity index (χ1) is 14.2. The van der Waals surface area contributed by atoms with Gasteiger partial charge in [0.05, 0.1) is 0 Å². The molecule has 0 spiro atoms. The number of ketones is 1. The van der Waals surface area contributed by atoms with Gasteiger partial charge in [0.15, 0.2) is 0 Å². The highest BCUT2D eigenvalue weighted by atomic mass is 16.5. The molecule has 4 aliphatic rings. The normalized spacial score (nSPS) is 40.1. The molecule has 3 fully saturated rings. The SMILES string of the molecule is C[C@]12CC[C@H](OC(=O)CCCCC(=O)O)CC1=CC[C@@H]1[C@@H]2CC[C@]2(C)C(=O)CC[C@@H]12. The minimum Gasteiger partial charge on any atom is -0.481 e. The summed E-state index contributed by atoms with van der Waals surface area (Å²) in [5.41, 5.74) is 1.56. The maximum absolute atomic E-state index is 12.5. The van der Waals surface area contributed by atoms with Crippen molar-refractivity contribution in [2.45, 2.75) is 97.0 Å². The molecule has 0 bridgehead atoms. The van der Waals surface area contributed by atoms with E-state index in [1.54, 1.807) is 0 Å². The maximum Gasteiger partial charge on any atom is 0.306 e. The zero-order valence-electron chi connectivity index (χ0n) is 18.5. The van der Waals surface area contributed by atoms with Gasteiger partial charge in [-0.25, -0.2) is 0 Å². The van der Waals surface area contributed by atoms with Crippen LogP contribution in [0.1, 0.15) is 90.9 Å². The summed E-state index contributed by atoms with van der Waals surface area (Å²) in [5, 5.41) is 8.69.